The largest absolute Gasteiger partial charge is 0.458 e. The lowest BCUT2D eigenvalue weighted by Crippen LogP contribution is -2.08. The average molecular weight is 194 g/mol. The molecule has 0 N–H and O–H groups in total. The second-order valence-electron chi connectivity index (χ2n) is 3.01. The van der Waals surface area contributed by atoms with E-state index in [9.17, 15) is 9.18 Å². The molecule has 14 heavy (non-hydrogen) atoms. The van der Waals surface area contributed by atoms with Crippen molar-refractivity contribution >= 4 is 5.97 Å². The number of esters is 1. The van der Waals surface area contributed by atoms with Crippen LogP contribution in [-0.2, 0) is 4.74 Å². The summed E-state index contributed by atoms with van der Waals surface area (Å²) in [6.45, 7) is 5.42. The van der Waals surface area contributed by atoms with Crippen LogP contribution in [0.15, 0.2) is 36.4 Å². The van der Waals surface area contributed by atoms with E-state index < -0.39 is 11.8 Å². The fourth-order valence-corrected chi connectivity index (χ4v) is 0.893. The summed E-state index contributed by atoms with van der Waals surface area (Å²) in [7, 11) is 0. The van der Waals surface area contributed by atoms with Crippen LogP contribution >= 0.6 is 0 Å². The zero-order valence-corrected chi connectivity index (χ0v) is 7.92. The number of carbonyl (C=O) groups excluding carboxylic acids is 1. The highest BCUT2D eigenvalue weighted by Crippen LogP contribution is 2.08. The Morgan fingerprint density at radius 1 is 1.50 bits per heavy atom. The molecule has 0 radical (unpaired) electrons. The van der Waals surface area contributed by atoms with Gasteiger partial charge in [0.15, 0.2) is 0 Å². The Kier molecular flexibility index (Phi) is 3.40. The minimum Gasteiger partial charge on any atom is -0.458 e. The molecule has 74 valence electrons. The average Bonchev–Trinajstić information content (AvgIpc) is 2.15. The Hall–Kier alpha value is -1.64. The normalized spacial score (nSPS) is 9.57. The van der Waals surface area contributed by atoms with E-state index in [2.05, 4.69) is 6.58 Å². The first-order valence-electron chi connectivity index (χ1n) is 4.17. The molecule has 1 rings (SSSR count). The van der Waals surface area contributed by atoms with Gasteiger partial charge in [-0.3, -0.25) is 0 Å². The molecule has 0 saturated carbocycles. The maximum absolute atomic E-state index is 13.0. The monoisotopic (exact) mass is 194 g/mol. The van der Waals surface area contributed by atoms with Crippen molar-refractivity contribution < 1.29 is 13.9 Å². The second kappa shape index (κ2) is 4.56. The van der Waals surface area contributed by atoms with Crippen LogP contribution in [0.2, 0.25) is 0 Å². The van der Waals surface area contributed by atoms with Gasteiger partial charge in [0.05, 0.1) is 5.56 Å². The zero-order valence-electron chi connectivity index (χ0n) is 7.92. The van der Waals surface area contributed by atoms with Crippen LogP contribution in [0.1, 0.15) is 17.3 Å². The number of halogens is 1. The molecule has 0 bridgehead atoms. The first kappa shape index (κ1) is 10.4. The number of benzene rings is 1. The van der Waals surface area contributed by atoms with Crippen LogP contribution in [0.3, 0.4) is 0 Å². The van der Waals surface area contributed by atoms with Crippen molar-refractivity contribution in [3.05, 3.63) is 47.8 Å². The highest BCUT2D eigenvalue weighted by molar-refractivity contribution is 5.89. The minimum absolute atomic E-state index is 0.0475. The minimum atomic E-state index is -0.661. The van der Waals surface area contributed by atoms with Crippen molar-refractivity contribution in [2.75, 3.05) is 6.61 Å². The highest BCUT2D eigenvalue weighted by Gasteiger charge is 2.11. The Bertz CT molecular complexity index is 358. The quantitative estimate of drug-likeness (QED) is 0.546. The predicted molar refractivity (Wildman–Crippen MR) is 51.5 cm³/mol. The topological polar surface area (TPSA) is 26.3 Å². The van der Waals surface area contributed by atoms with Gasteiger partial charge in [-0.1, -0.05) is 18.7 Å². The van der Waals surface area contributed by atoms with E-state index in [1.54, 1.807) is 13.0 Å². The molecule has 0 aliphatic heterocycles. The first-order valence-corrected chi connectivity index (χ1v) is 4.17. The van der Waals surface area contributed by atoms with E-state index in [-0.39, 0.29) is 12.2 Å². The van der Waals surface area contributed by atoms with Crippen molar-refractivity contribution in [2.24, 2.45) is 0 Å². The van der Waals surface area contributed by atoms with Gasteiger partial charge in [-0.15, -0.1) is 0 Å². The molecule has 0 unspecified atom stereocenters. The SMILES string of the molecule is C=C(C)COC(=O)c1ccccc1F. The Morgan fingerprint density at radius 3 is 2.71 bits per heavy atom. The van der Waals surface area contributed by atoms with Crippen molar-refractivity contribution in [3.8, 4) is 0 Å². The standard InChI is InChI=1S/C11H11FO2/c1-8(2)7-14-11(13)9-5-3-4-6-10(9)12/h3-6H,1,7H2,2H3. The molecule has 0 aliphatic carbocycles. The van der Waals surface area contributed by atoms with Gasteiger partial charge in [0, 0.05) is 0 Å². The zero-order chi connectivity index (χ0) is 10.6. The summed E-state index contributed by atoms with van der Waals surface area (Å²) in [5, 5.41) is 0. The van der Waals surface area contributed by atoms with Gasteiger partial charge in [0.1, 0.15) is 12.4 Å². The summed E-state index contributed by atoms with van der Waals surface area (Å²) in [6, 6.07) is 5.71. The molecule has 3 heteroatoms. The van der Waals surface area contributed by atoms with Gasteiger partial charge in [0.25, 0.3) is 0 Å². The Balaban J connectivity index is 2.70. The van der Waals surface area contributed by atoms with Crippen LogP contribution in [0, 0.1) is 5.82 Å². The van der Waals surface area contributed by atoms with Crippen molar-refractivity contribution in [1.82, 2.24) is 0 Å². The molecule has 0 aliphatic rings. The fourth-order valence-electron chi connectivity index (χ4n) is 0.893. The van der Waals surface area contributed by atoms with E-state index >= 15 is 0 Å². The van der Waals surface area contributed by atoms with Gasteiger partial charge in [-0.05, 0) is 24.6 Å². The molecule has 1 aromatic carbocycles. The number of hydrogen-bond acceptors (Lipinski definition) is 2. The molecule has 0 amide bonds. The lowest BCUT2D eigenvalue weighted by molar-refractivity contribution is 0.0535. The second-order valence-corrected chi connectivity index (χ2v) is 3.01. The van der Waals surface area contributed by atoms with E-state index in [1.165, 1.54) is 18.2 Å². The van der Waals surface area contributed by atoms with E-state index in [4.69, 9.17) is 4.74 Å². The van der Waals surface area contributed by atoms with Crippen molar-refractivity contribution in [1.29, 1.82) is 0 Å². The molecule has 2 nitrogen and oxygen atoms in total. The maximum Gasteiger partial charge on any atom is 0.341 e. The van der Waals surface area contributed by atoms with Crippen LogP contribution in [0.5, 0.6) is 0 Å². The summed E-state index contributed by atoms with van der Waals surface area (Å²) >= 11 is 0. The third kappa shape index (κ3) is 2.69. The third-order valence-corrected chi connectivity index (χ3v) is 1.54. The highest BCUT2D eigenvalue weighted by atomic mass is 19.1. The molecule has 0 saturated heterocycles. The number of carbonyl (C=O) groups is 1. The van der Waals surface area contributed by atoms with E-state index in [0.29, 0.717) is 0 Å². The smallest absolute Gasteiger partial charge is 0.341 e. The molecule has 0 atom stereocenters. The molecule has 0 aromatic heterocycles. The van der Waals surface area contributed by atoms with Gasteiger partial charge < -0.3 is 4.74 Å². The molecule has 0 spiro atoms. The van der Waals surface area contributed by atoms with E-state index in [1.807, 2.05) is 0 Å². The first-order chi connectivity index (χ1) is 6.61. The number of ether oxygens (including phenoxy) is 1. The van der Waals surface area contributed by atoms with Gasteiger partial charge in [-0.2, -0.15) is 0 Å². The Labute approximate surface area is 82.0 Å². The lowest BCUT2D eigenvalue weighted by Gasteiger charge is -2.04. The van der Waals surface area contributed by atoms with Crippen LogP contribution in [0.4, 0.5) is 4.39 Å². The van der Waals surface area contributed by atoms with Crippen LogP contribution in [0.25, 0.3) is 0 Å². The summed E-state index contributed by atoms with van der Waals surface area (Å²) in [6.07, 6.45) is 0. The molecular formula is C11H11FO2. The molecular weight excluding hydrogens is 183 g/mol. The maximum atomic E-state index is 13.0. The summed E-state index contributed by atoms with van der Waals surface area (Å²) < 4.78 is 17.8. The number of rotatable bonds is 3. The van der Waals surface area contributed by atoms with Crippen molar-refractivity contribution in [2.45, 2.75) is 6.92 Å². The predicted octanol–water partition coefficient (Wildman–Crippen LogP) is 2.56. The van der Waals surface area contributed by atoms with Gasteiger partial charge in [-0.25, -0.2) is 9.18 Å². The fraction of sp³-hybridized carbons (Fsp3) is 0.182. The molecule has 1 aromatic rings. The van der Waals surface area contributed by atoms with E-state index in [0.717, 1.165) is 5.57 Å². The summed E-state index contributed by atoms with van der Waals surface area (Å²) in [5.41, 5.74) is 0.670. The lowest BCUT2D eigenvalue weighted by atomic mass is 10.2. The molecule has 0 heterocycles. The van der Waals surface area contributed by atoms with Gasteiger partial charge >= 0.3 is 5.97 Å². The molecule has 0 fully saturated rings. The summed E-state index contributed by atoms with van der Waals surface area (Å²) in [5.74, 6) is -1.23. The van der Waals surface area contributed by atoms with Crippen LogP contribution < -0.4 is 0 Å². The summed E-state index contributed by atoms with van der Waals surface area (Å²) in [4.78, 5) is 11.3. The van der Waals surface area contributed by atoms with Crippen LogP contribution in [-0.4, -0.2) is 12.6 Å². The number of hydrogen-bond donors (Lipinski definition) is 0. The van der Waals surface area contributed by atoms with Gasteiger partial charge in [0.2, 0.25) is 0 Å². The third-order valence-electron chi connectivity index (χ3n) is 1.54. The Morgan fingerprint density at radius 2 is 2.14 bits per heavy atom. The van der Waals surface area contributed by atoms with Crippen molar-refractivity contribution in [3.63, 3.8) is 0 Å².